The molecule has 2 heteroatoms. The third-order valence-electron chi connectivity index (χ3n) is 5.99. The average molecular weight is 387 g/mol. The van der Waals surface area contributed by atoms with Crippen molar-refractivity contribution < 1.29 is 20.4 Å². The van der Waals surface area contributed by atoms with Gasteiger partial charge >= 0.3 is 0 Å². The van der Waals surface area contributed by atoms with Crippen LogP contribution >= 0.6 is 7.92 Å². The van der Waals surface area contributed by atoms with E-state index < -0.39 is 0 Å². The predicted molar refractivity (Wildman–Crippen MR) is 87.5 cm³/mol. The van der Waals surface area contributed by atoms with E-state index in [0.29, 0.717) is 7.92 Å². The van der Waals surface area contributed by atoms with Gasteiger partial charge in [-0.1, -0.05) is 65.7 Å². The van der Waals surface area contributed by atoms with Crippen LogP contribution in [0.15, 0.2) is 0 Å². The minimum atomic E-state index is 0. The third kappa shape index (κ3) is 4.54. The Bertz CT molecular complexity index is 207. The van der Waals surface area contributed by atoms with Gasteiger partial charge in [0.05, 0.1) is 0 Å². The molecular weight excluding hydrogens is 354 g/mol. The predicted octanol–water partition coefficient (Wildman–Crippen LogP) is 6.46. The Balaban J connectivity index is 0.00000147. The molecule has 0 N–H and O–H groups in total. The van der Waals surface area contributed by atoms with Gasteiger partial charge in [-0.25, -0.2) is 0 Å². The van der Waals surface area contributed by atoms with E-state index in [-0.39, 0.29) is 20.4 Å². The summed E-state index contributed by atoms with van der Waals surface area (Å²) in [6.07, 6.45) is 23.6. The monoisotopic (exact) mass is 386 g/mol. The molecule has 0 nitrogen and oxygen atoms in total. The maximum Gasteiger partial charge on any atom is 0 e. The summed E-state index contributed by atoms with van der Waals surface area (Å²) >= 11 is 0. The van der Waals surface area contributed by atoms with Crippen LogP contribution in [0, 0.1) is 0 Å². The number of rotatable bonds is 3. The van der Waals surface area contributed by atoms with Crippen LogP contribution in [-0.4, -0.2) is 17.0 Å². The third-order valence-corrected chi connectivity index (χ3v) is 10.1. The van der Waals surface area contributed by atoms with Crippen LogP contribution in [0.3, 0.4) is 0 Å². The molecular formula is C18H33PPd. The van der Waals surface area contributed by atoms with Gasteiger partial charge in [-0.05, 0) is 55.5 Å². The molecule has 0 aromatic carbocycles. The topological polar surface area (TPSA) is 0 Å². The Labute approximate surface area is 141 Å². The molecule has 0 unspecified atom stereocenters. The van der Waals surface area contributed by atoms with Gasteiger partial charge in [0.15, 0.2) is 0 Å². The second kappa shape index (κ2) is 9.28. The molecule has 0 spiro atoms. The SMILES string of the molecule is C1CCC(P(C2CCCCC2)C2CCCCC2)CC1.[Pd]. The Hall–Kier alpha value is 1.09. The molecule has 0 saturated heterocycles. The molecule has 3 aliphatic rings. The summed E-state index contributed by atoms with van der Waals surface area (Å²) in [7, 11) is 0.385. The normalized spacial score (nSPS) is 27.4. The summed E-state index contributed by atoms with van der Waals surface area (Å²) in [6.45, 7) is 0. The maximum atomic E-state index is 1.61. The van der Waals surface area contributed by atoms with Crippen LogP contribution in [0.25, 0.3) is 0 Å². The molecule has 3 fully saturated rings. The van der Waals surface area contributed by atoms with Gasteiger partial charge in [-0.2, -0.15) is 0 Å². The van der Waals surface area contributed by atoms with Crippen LogP contribution in [0.5, 0.6) is 0 Å². The van der Waals surface area contributed by atoms with Gasteiger partial charge in [-0.15, -0.1) is 0 Å². The minimum absolute atomic E-state index is 0. The fourth-order valence-electron chi connectivity index (χ4n) is 5.03. The molecule has 0 bridgehead atoms. The van der Waals surface area contributed by atoms with E-state index in [1.165, 1.54) is 36.2 Å². The van der Waals surface area contributed by atoms with Crippen LogP contribution in [0.2, 0.25) is 0 Å². The zero-order valence-corrected chi connectivity index (χ0v) is 15.6. The Morgan fingerprint density at radius 2 is 0.650 bits per heavy atom. The number of hydrogen-bond donors (Lipinski definition) is 0. The zero-order chi connectivity index (χ0) is 12.9. The van der Waals surface area contributed by atoms with Crippen molar-refractivity contribution in [2.45, 2.75) is 113 Å². The van der Waals surface area contributed by atoms with Crippen molar-refractivity contribution in [2.75, 3.05) is 0 Å². The minimum Gasteiger partial charge on any atom is -0.0971 e. The standard InChI is InChI=1S/C18H33P.Pd/c1-4-10-16(11-5-1)19(17-12-6-2-7-13-17)18-14-8-3-9-15-18;/h16-18H,1-15H2;. The van der Waals surface area contributed by atoms with Crippen molar-refractivity contribution in [3.05, 3.63) is 0 Å². The van der Waals surface area contributed by atoms with Crippen molar-refractivity contribution in [3.8, 4) is 0 Å². The number of hydrogen-bond acceptors (Lipinski definition) is 0. The first kappa shape index (κ1) is 17.4. The fourth-order valence-corrected chi connectivity index (χ4v) is 9.71. The summed E-state index contributed by atoms with van der Waals surface area (Å²) in [5.41, 5.74) is 3.57. The molecule has 0 radical (unpaired) electrons. The summed E-state index contributed by atoms with van der Waals surface area (Å²) in [5.74, 6) is 0. The van der Waals surface area contributed by atoms with E-state index in [0.717, 1.165) is 0 Å². The van der Waals surface area contributed by atoms with Gasteiger partial charge in [0.2, 0.25) is 0 Å². The smallest absolute Gasteiger partial charge is 0 e. The van der Waals surface area contributed by atoms with Crippen LogP contribution in [0.1, 0.15) is 96.3 Å². The largest absolute Gasteiger partial charge is 0.0971 e. The summed E-state index contributed by atoms with van der Waals surface area (Å²) in [4.78, 5) is 0. The van der Waals surface area contributed by atoms with Gasteiger partial charge in [0, 0.05) is 20.4 Å². The maximum absolute atomic E-state index is 1.61. The molecule has 120 valence electrons. The molecule has 0 aliphatic heterocycles. The second-order valence-electron chi connectivity index (χ2n) is 7.32. The Morgan fingerprint density at radius 3 is 0.900 bits per heavy atom. The Morgan fingerprint density at radius 1 is 0.400 bits per heavy atom. The molecule has 0 aromatic rings. The van der Waals surface area contributed by atoms with Gasteiger partial charge in [0.1, 0.15) is 0 Å². The molecule has 3 aliphatic carbocycles. The quantitative estimate of drug-likeness (QED) is 0.385. The summed E-state index contributed by atoms with van der Waals surface area (Å²) in [5, 5.41) is 0. The molecule has 0 atom stereocenters. The van der Waals surface area contributed by atoms with E-state index in [4.69, 9.17) is 0 Å². The first-order valence-corrected chi connectivity index (χ1v) is 10.8. The first-order valence-electron chi connectivity index (χ1n) is 9.22. The molecule has 20 heavy (non-hydrogen) atoms. The van der Waals surface area contributed by atoms with Crippen LogP contribution in [0.4, 0.5) is 0 Å². The molecule has 3 rings (SSSR count). The molecule has 0 amide bonds. The second-order valence-corrected chi connectivity index (χ2v) is 10.4. The van der Waals surface area contributed by atoms with Crippen molar-refractivity contribution >= 4 is 7.92 Å². The van der Waals surface area contributed by atoms with Crippen LogP contribution in [-0.2, 0) is 20.4 Å². The fraction of sp³-hybridized carbons (Fsp3) is 1.00. The molecule has 0 aromatic heterocycles. The molecule has 0 heterocycles. The Kier molecular flexibility index (Phi) is 8.10. The van der Waals surface area contributed by atoms with Gasteiger partial charge < -0.3 is 0 Å². The van der Waals surface area contributed by atoms with Gasteiger partial charge in [0.25, 0.3) is 0 Å². The average Bonchev–Trinajstić information content (AvgIpc) is 2.51. The van der Waals surface area contributed by atoms with E-state index in [1.54, 1.807) is 77.0 Å². The van der Waals surface area contributed by atoms with E-state index >= 15 is 0 Å². The van der Waals surface area contributed by atoms with E-state index in [1.807, 2.05) is 0 Å². The van der Waals surface area contributed by atoms with Crippen molar-refractivity contribution in [1.29, 1.82) is 0 Å². The van der Waals surface area contributed by atoms with Crippen LogP contribution < -0.4 is 0 Å². The van der Waals surface area contributed by atoms with Crippen molar-refractivity contribution in [3.63, 3.8) is 0 Å². The van der Waals surface area contributed by atoms with Gasteiger partial charge in [-0.3, -0.25) is 0 Å². The van der Waals surface area contributed by atoms with Crippen molar-refractivity contribution in [1.82, 2.24) is 0 Å². The first-order chi connectivity index (χ1) is 9.45. The molecule has 3 saturated carbocycles. The zero-order valence-electron chi connectivity index (χ0n) is 13.1. The van der Waals surface area contributed by atoms with E-state index in [2.05, 4.69) is 0 Å². The van der Waals surface area contributed by atoms with Crippen molar-refractivity contribution in [2.24, 2.45) is 0 Å². The summed E-state index contributed by atoms with van der Waals surface area (Å²) in [6, 6.07) is 0. The summed E-state index contributed by atoms with van der Waals surface area (Å²) < 4.78 is 0. The van der Waals surface area contributed by atoms with E-state index in [9.17, 15) is 0 Å².